The van der Waals surface area contributed by atoms with Gasteiger partial charge in [-0.1, -0.05) is 12.1 Å². The van der Waals surface area contributed by atoms with Crippen molar-refractivity contribution in [1.82, 2.24) is 10.6 Å². The summed E-state index contributed by atoms with van der Waals surface area (Å²) in [4.78, 5) is 14.0. The van der Waals surface area contributed by atoms with Crippen LogP contribution in [-0.2, 0) is 4.79 Å². The van der Waals surface area contributed by atoms with Crippen LogP contribution in [0.3, 0.4) is 0 Å². The number of hydrogen-bond donors (Lipinski definition) is 2. The Kier molecular flexibility index (Phi) is 3.87. The maximum absolute atomic E-state index is 13.8. The lowest BCUT2D eigenvalue weighted by Crippen LogP contribution is -2.55. The number of hydrogen-bond acceptors (Lipinski definition) is 3. The first-order chi connectivity index (χ1) is 9.74. The van der Waals surface area contributed by atoms with E-state index in [1.54, 1.807) is 12.1 Å². The predicted molar refractivity (Wildman–Crippen MR) is 76.1 cm³/mol. The molecule has 1 atom stereocenters. The molecule has 5 heteroatoms. The minimum absolute atomic E-state index is 0.110. The van der Waals surface area contributed by atoms with Gasteiger partial charge in [-0.3, -0.25) is 4.79 Å². The van der Waals surface area contributed by atoms with Gasteiger partial charge in [0.05, 0.1) is 11.6 Å². The molecule has 0 radical (unpaired) electrons. The number of carbonyl (C=O) groups excluding carboxylic acids is 1. The normalized spacial score (nSPS) is 23.2. The molecule has 0 bridgehead atoms. The lowest BCUT2D eigenvalue weighted by molar-refractivity contribution is -0.127. The zero-order valence-electron chi connectivity index (χ0n) is 11.4. The molecule has 1 aromatic carbocycles. The Labute approximate surface area is 118 Å². The quantitative estimate of drug-likeness (QED) is 0.870. The van der Waals surface area contributed by atoms with Gasteiger partial charge < -0.3 is 15.5 Å². The van der Waals surface area contributed by atoms with Gasteiger partial charge in [0, 0.05) is 32.2 Å². The summed E-state index contributed by atoms with van der Waals surface area (Å²) in [6.45, 7) is 3.08. The highest BCUT2D eigenvalue weighted by molar-refractivity contribution is 5.80. The van der Waals surface area contributed by atoms with E-state index in [1.807, 2.05) is 11.0 Å². The van der Waals surface area contributed by atoms with Crippen molar-refractivity contribution in [3.63, 3.8) is 0 Å². The molecule has 20 heavy (non-hydrogen) atoms. The standard InChI is InChI=1S/C15H20FN3O/c16-13-5-1-2-6-14(13)19-7-3-4-12(10-19)18-15(20)11-8-17-9-11/h1-2,5-6,11-12,17H,3-4,7-10H2,(H,18,20). The van der Waals surface area contributed by atoms with E-state index in [9.17, 15) is 9.18 Å². The molecule has 2 saturated heterocycles. The molecule has 1 unspecified atom stereocenters. The van der Waals surface area contributed by atoms with Gasteiger partial charge in [0.25, 0.3) is 0 Å². The molecule has 1 aromatic rings. The summed E-state index contributed by atoms with van der Waals surface area (Å²) >= 11 is 0. The van der Waals surface area contributed by atoms with E-state index < -0.39 is 0 Å². The lowest BCUT2D eigenvalue weighted by Gasteiger charge is -2.36. The first-order valence-corrected chi connectivity index (χ1v) is 7.24. The van der Waals surface area contributed by atoms with Crippen molar-refractivity contribution in [2.45, 2.75) is 18.9 Å². The Morgan fingerprint density at radius 2 is 2.15 bits per heavy atom. The second kappa shape index (κ2) is 5.79. The van der Waals surface area contributed by atoms with Gasteiger partial charge in [-0.05, 0) is 25.0 Å². The molecule has 4 nitrogen and oxygen atoms in total. The zero-order valence-corrected chi connectivity index (χ0v) is 11.4. The van der Waals surface area contributed by atoms with Crippen molar-refractivity contribution < 1.29 is 9.18 Å². The molecule has 3 rings (SSSR count). The van der Waals surface area contributed by atoms with Gasteiger partial charge in [-0.15, -0.1) is 0 Å². The van der Waals surface area contributed by atoms with E-state index in [0.717, 1.165) is 32.5 Å². The predicted octanol–water partition coefficient (Wildman–Crippen LogP) is 1.13. The summed E-state index contributed by atoms with van der Waals surface area (Å²) in [6, 6.07) is 6.95. The van der Waals surface area contributed by atoms with Crippen molar-refractivity contribution in [1.29, 1.82) is 0 Å². The molecule has 0 spiro atoms. The van der Waals surface area contributed by atoms with Crippen LogP contribution in [0.2, 0.25) is 0 Å². The first kappa shape index (κ1) is 13.4. The van der Waals surface area contributed by atoms with E-state index in [4.69, 9.17) is 0 Å². The van der Waals surface area contributed by atoms with Crippen LogP contribution in [0.4, 0.5) is 10.1 Å². The molecule has 2 aliphatic heterocycles. The third kappa shape index (κ3) is 2.77. The van der Waals surface area contributed by atoms with Crippen LogP contribution in [0, 0.1) is 11.7 Å². The summed E-state index contributed by atoms with van der Waals surface area (Å²) in [5.74, 6) is 0.0469. The number of rotatable bonds is 3. The van der Waals surface area contributed by atoms with Crippen molar-refractivity contribution in [2.75, 3.05) is 31.1 Å². The second-order valence-electron chi connectivity index (χ2n) is 5.60. The third-order valence-corrected chi connectivity index (χ3v) is 4.11. The maximum Gasteiger partial charge on any atom is 0.225 e. The fourth-order valence-corrected chi connectivity index (χ4v) is 2.82. The molecule has 0 aromatic heterocycles. The molecule has 2 N–H and O–H groups in total. The van der Waals surface area contributed by atoms with Crippen molar-refractivity contribution in [3.05, 3.63) is 30.1 Å². The molecule has 1 amide bonds. The monoisotopic (exact) mass is 277 g/mol. The number of piperidine rings is 1. The Hall–Kier alpha value is -1.62. The Morgan fingerprint density at radius 3 is 2.85 bits per heavy atom. The van der Waals surface area contributed by atoms with E-state index in [2.05, 4.69) is 10.6 Å². The van der Waals surface area contributed by atoms with E-state index in [0.29, 0.717) is 12.2 Å². The number of nitrogens with one attached hydrogen (secondary N) is 2. The van der Waals surface area contributed by atoms with Crippen LogP contribution in [0.15, 0.2) is 24.3 Å². The lowest BCUT2D eigenvalue weighted by atomic mass is 10.00. The fourth-order valence-electron chi connectivity index (χ4n) is 2.82. The molecular formula is C15H20FN3O. The SMILES string of the molecule is O=C(NC1CCCN(c2ccccc2F)C1)C1CNC1. The molecule has 2 fully saturated rings. The number of halogens is 1. The largest absolute Gasteiger partial charge is 0.367 e. The minimum atomic E-state index is -0.192. The van der Waals surface area contributed by atoms with Crippen molar-refractivity contribution >= 4 is 11.6 Å². The highest BCUT2D eigenvalue weighted by atomic mass is 19.1. The van der Waals surface area contributed by atoms with Gasteiger partial charge in [-0.2, -0.15) is 0 Å². The number of nitrogens with zero attached hydrogens (tertiary/aromatic N) is 1. The summed E-state index contributed by atoms with van der Waals surface area (Å²) in [7, 11) is 0. The molecule has 2 heterocycles. The van der Waals surface area contributed by atoms with Crippen LogP contribution in [0.5, 0.6) is 0 Å². The van der Waals surface area contributed by atoms with E-state index >= 15 is 0 Å². The smallest absolute Gasteiger partial charge is 0.225 e. The first-order valence-electron chi connectivity index (χ1n) is 7.24. The van der Waals surface area contributed by atoms with Gasteiger partial charge in [-0.25, -0.2) is 4.39 Å². The summed E-state index contributed by atoms with van der Waals surface area (Å²) in [5, 5.41) is 6.20. The molecule has 2 aliphatic rings. The number of anilines is 1. The third-order valence-electron chi connectivity index (χ3n) is 4.11. The topological polar surface area (TPSA) is 44.4 Å². The van der Waals surface area contributed by atoms with Crippen LogP contribution in [0.25, 0.3) is 0 Å². The Morgan fingerprint density at radius 1 is 1.35 bits per heavy atom. The number of para-hydroxylation sites is 1. The van der Waals surface area contributed by atoms with Crippen molar-refractivity contribution in [2.24, 2.45) is 5.92 Å². The average Bonchev–Trinajstić information content (AvgIpc) is 2.37. The van der Waals surface area contributed by atoms with Gasteiger partial charge in [0.15, 0.2) is 0 Å². The minimum Gasteiger partial charge on any atom is -0.367 e. The fraction of sp³-hybridized carbons (Fsp3) is 0.533. The summed E-state index contributed by atoms with van der Waals surface area (Å²) in [6.07, 6.45) is 1.94. The molecule has 108 valence electrons. The molecule has 0 saturated carbocycles. The average molecular weight is 277 g/mol. The number of benzene rings is 1. The van der Waals surface area contributed by atoms with E-state index in [1.165, 1.54) is 6.07 Å². The maximum atomic E-state index is 13.8. The highest BCUT2D eigenvalue weighted by Gasteiger charge is 2.29. The number of carbonyl (C=O) groups is 1. The highest BCUT2D eigenvalue weighted by Crippen LogP contribution is 2.23. The van der Waals surface area contributed by atoms with Gasteiger partial charge in [0.1, 0.15) is 5.82 Å². The zero-order chi connectivity index (χ0) is 13.9. The second-order valence-corrected chi connectivity index (χ2v) is 5.60. The van der Waals surface area contributed by atoms with Gasteiger partial charge in [0.2, 0.25) is 5.91 Å². The van der Waals surface area contributed by atoms with Crippen LogP contribution in [-0.4, -0.2) is 38.1 Å². The van der Waals surface area contributed by atoms with Crippen LogP contribution >= 0.6 is 0 Å². The van der Waals surface area contributed by atoms with Crippen molar-refractivity contribution in [3.8, 4) is 0 Å². The number of amides is 1. The molecule has 0 aliphatic carbocycles. The molecular weight excluding hydrogens is 257 g/mol. The van der Waals surface area contributed by atoms with Crippen LogP contribution < -0.4 is 15.5 Å². The summed E-state index contributed by atoms with van der Waals surface area (Å²) < 4.78 is 13.8. The van der Waals surface area contributed by atoms with Gasteiger partial charge >= 0.3 is 0 Å². The van der Waals surface area contributed by atoms with E-state index in [-0.39, 0.29) is 23.7 Å². The Balaban J connectivity index is 1.61. The van der Waals surface area contributed by atoms with Crippen LogP contribution in [0.1, 0.15) is 12.8 Å². The Bertz CT molecular complexity index is 490. The summed E-state index contributed by atoms with van der Waals surface area (Å²) in [5.41, 5.74) is 0.636.